The molecule has 0 aliphatic carbocycles. The van der Waals surface area contributed by atoms with E-state index in [9.17, 15) is 4.79 Å². The fourth-order valence-electron chi connectivity index (χ4n) is 2.48. The molecule has 1 amide bonds. The van der Waals surface area contributed by atoms with Crippen LogP contribution < -0.4 is 25.4 Å². The Morgan fingerprint density at radius 1 is 1.14 bits per heavy atom. The van der Waals surface area contributed by atoms with E-state index in [0.717, 1.165) is 23.6 Å². The number of nitrogens with one attached hydrogen (secondary N) is 3. The van der Waals surface area contributed by atoms with E-state index < -0.39 is 17.2 Å². The van der Waals surface area contributed by atoms with Crippen molar-refractivity contribution in [2.24, 2.45) is 4.99 Å². The van der Waals surface area contributed by atoms with Crippen LogP contribution in [-0.2, 0) is 11.3 Å². The predicted molar refractivity (Wildman–Crippen MR) is 109 cm³/mol. The number of nitrogens with zero attached hydrogens (tertiary/aromatic N) is 1. The summed E-state index contributed by atoms with van der Waals surface area (Å²) < 4.78 is 16.1. The van der Waals surface area contributed by atoms with Crippen LogP contribution in [0.4, 0.5) is 4.79 Å². The highest BCUT2D eigenvalue weighted by atomic mass is 16.7. The first kappa shape index (κ1) is 21.7. The number of amides is 1. The monoisotopic (exact) mass is 392 g/mol. The summed E-state index contributed by atoms with van der Waals surface area (Å²) in [5.41, 5.74) is -0.0288. The second-order valence-corrected chi connectivity index (χ2v) is 8.25. The first-order valence-electron chi connectivity index (χ1n) is 9.50. The SMILES string of the molecule is CCNC(=NCc1ccc2c(c1)OCO2)NCC(C)(C)NC(=O)OC(C)(C)C. The van der Waals surface area contributed by atoms with Gasteiger partial charge in [0.2, 0.25) is 6.79 Å². The number of fused-ring (bicyclic) bond motifs is 1. The number of hydrogen-bond donors (Lipinski definition) is 3. The molecule has 28 heavy (non-hydrogen) atoms. The number of aliphatic imine (C=N–C) groups is 1. The summed E-state index contributed by atoms with van der Waals surface area (Å²) >= 11 is 0. The Kier molecular flexibility index (Phi) is 6.99. The lowest BCUT2D eigenvalue weighted by Gasteiger charge is -2.29. The maximum atomic E-state index is 12.0. The Morgan fingerprint density at radius 3 is 2.54 bits per heavy atom. The third kappa shape index (κ3) is 7.17. The fourth-order valence-corrected chi connectivity index (χ4v) is 2.48. The summed E-state index contributed by atoms with van der Waals surface area (Å²) in [4.78, 5) is 16.6. The quantitative estimate of drug-likeness (QED) is 0.509. The van der Waals surface area contributed by atoms with Crippen molar-refractivity contribution in [2.45, 2.75) is 59.2 Å². The number of carbonyl (C=O) groups excluding carboxylic acids is 1. The molecule has 0 bridgehead atoms. The van der Waals surface area contributed by atoms with Gasteiger partial charge in [0, 0.05) is 13.1 Å². The maximum Gasteiger partial charge on any atom is 0.408 e. The Hall–Kier alpha value is -2.64. The molecule has 156 valence electrons. The molecule has 0 radical (unpaired) electrons. The lowest BCUT2D eigenvalue weighted by molar-refractivity contribution is 0.0474. The van der Waals surface area contributed by atoms with E-state index in [-0.39, 0.29) is 6.79 Å². The van der Waals surface area contributed by atoms with Gasteiger partial charge in [-0.1, -0.05) is 6.07 Å². The van der Waals surface area contributed by atoms with E-state index in [1.54, 1.807) is 0 Å². The van der Waals surface area contributed by atoms with Crippen LogP contribution in [0.15, 0.2) is 23.2 Å². The summed E-state index contributed by atoms with van der Waals surface area (Å²) in [5.74, 6) is 2.17. The molecule has 0 saturated carbocycles. The van der Waals surface area contributed by atoms with Gasteiger partial charge in [-0.2, -0.15) is 0 Å². The number of alkyl carbamates (subject to hydrolysis) is 1. The highest BCUT2D eigenvalue weighted by molar-refractivity contribution is 5.80. The van der Waals surface area contributed by atoms with Crippen LogP contribution in [0.5, 0.6) is 11.5 Å². The van der Waals surface area contributed by atoms with Gasteiger partial charge < -0.3 is 30.2 Å². The molecule has 0 atom stereocenters. The highest BCUT2D eigenvalue weighted by Gasteiger charge is 2.24. The van der Waals surface area contributed by atoms with Crippen molar-refractivity contribution < 1.29 is 19.0 Å². The fraction of sp³-hybridized carbons (Fsp3) is 0.600. The zero-order chi connectivity index (χ0) is 20.8. The number of benzene rings is 1. The van der Waals surface area contributed by atoms with Crippen molar-refractivity contribution in [1.82, 2.24) is 16.0 Å². The Labute approximate surface area is 167 Å². The normalized spacial score (nSPS) is 13.9. The van der Waals surface area contributed by atoms with E-state index in [2.05, 4.69) is 20.9 Å². The standard InChI is InChI=1S/C20H32N4O4/c1-7-21-17(22-11-14-8-9-15-16(10-14)27-13-26-15)23-12-20(5,6)24-18(25)28-19(2,3)4/h8-10H,7,11-13H2,1-6H3,(H,24,25)(H2,21,22,23). The molecule has 0 unspecified atom stereocenters. The molecule has 0 saturated heterocycles. The average Bonchev–Trinajstić information content (AvgIpc) is 3.02. The van der Waals surface area contributed by atoms with E-state index in [1.165, 1.54) is 0 Å². The van der Waals surface area contributed by atoms with Crippen LogP contribution in [0.2, 0.25) is 0 Å². The minimum atomic E-state index is -0.533. The second-order valence-electron chi connectivity index (χ2n) is 8.25. The van der Waals surface area contributed by atoms with Gasteiger partial charge in [0.15, 0.2) is 17.5 Å². The van der Waals surface area contributed by atoms with Gasteiger partial charge in [-0.3, -0.25) is 0 Å². The van der Waals surface area contributed by atoms with Crippen molar-refractivity contribution in [3.8, 4) is 11.5 Å². The summed E-state index contributed by atoms with van der Waals surface area (Å²) in [6, 6.07) is 5.79. The molecular formula is C20H32N4O4. The number of ether oxygens (including phenoxy) is 3. The minimum absolute atomic E-state index is 0.256. The van der Waals surface area contributed by atoms with Crippen LogP contribution in [-0.4, -0.2) is 43.1 Å². The molecular weight excluding hydrogens is 360 g/mol. The third-order valence-electron chi connectivity index (χ3n) is 3.74. The lowest BCUT2D eigenvalue weighted by Crippen LogP contribution is -2.54. The Morgan fingerprint density at radius 2 is 1.86 bits per heavy atom. The van der Waals surface area contributed by atoms with Crippen molar-refractivity contribution in [3.05, 3.63) is 23.8 Å². The van der Waals surface area contributed by atoms with E-state index >= 15 is 0 Å². The van der Waals surface area contributed by atoms with E-state index in [4.69, 9.17) is 14.2 Å². The van der Waals surface area contributed by atoms with Gasteiger partial charge in [-0.15, -0.1) is 0 Å². The molecule has 1 aliphatic rings. The molecule has 2 rings (SSSR count). The van der Waals surface area contributed by atoms with Crippen molar-refractivity contribution in [2.75, 3.05) is 19.9 Å². The number of carbonyl (C=O) groups is 1. The number of rotatable bonds is 6. The molecule has 8 nitrogen and oxygen atoms in total. The van der Waals surface area contributed by atoms with Crippen LogP contribution in [0.25, 0.3) is 0 Å². The largest absolute Gasteiger partial charge is 0.454 e. The van der Waals surface area contributed by atoms with Crippen molar-refractivity contribution >= 4 is 12.1 Å². The van der Waals surface area contributed by atoms with E-state index in [0.29, 0.717) is 19.0 Å². The lowest BCUT2D eigenvalue weighted by atomic mass is 10.1. The van der Waals surface area contributed by atoms with Crippen LogP contribution in [0, 0.1) is 0 Å². The number of guanidine groups is 1. The molecule has 0 spiro atoms. The molecule has 3 N–H and O–H groups in total. The maximum absolute atomic E-state index is 12.0. The number of hydrogen-bond acceptors (Lipinski definition) is 5. The molecule has 8 heteroatoms. The Bertz CT molecular complexity index is 711. The van der Waals surface area contributed by atoms with Gasteiger partial charge in [0.1, 0.15) is 5.60 Å². The first-order chi connectivity index (χ1) is 13.1. The zero-order valence-electron chi connectivity index (χ0n) is 17.6. The first-order valence-corrected chi connectivity index (χ1v) is 9.50. The average molecular weight is 393 g/mol. The predicted octanol–water partition coefficient (Wildman–Crippen LogP) is 2.77. The molecule has 1 aliphatic heterocycles. The molecule has 1 aromatic carbocycles. The summed E-state index contributed by atoms with van der Waals surface area (Å²) in [6.07, 6.45) is -0.443. The van der Waals surface area contributed by atoms with Gasteiger partial charge in [-0.05, 0) is 59.2 Å². The zero-order valence-corrected chi connectivity index (χ0v) is 17.6. The molecule has 1 heterocycles. The molecule has 0 fully saturated rings. The van der Waals surface area contributed by atoms with Gasteiger partial charge >= 0.3 is 6.09 Å². The topological polar surface area (TPSA) is 93.2 Å². The third-order valence-corrected chi connectivity index (χ3v) is 3.74. The second kappa shape index (κ2) is 9.03. The Balaban J connectivity index is 1.92. The summed E-state index contributed by atoms with van der Waals surface area (Å²) in [7, 11) is 0. The van der Waals surface area contributed by atoms with Crippen LogP contribution >= 0.6 is 0 Å². The highest BCUT2D eigenvalue weighted by Crippen LogP contribution is 2.32. The van der Waals surface area contributed by atoms with Crippen LogP contribution in [0.3, 0.4) is 0 Å². The summed E-state index contributed by atoms with van der Waals surface area (Å²) in [6.45, 7) is 13.3. The van der Waals surface area contributed by atoms with Gasteiger partial charge in [0.25, 0.3) is 0 Å². The minimum Gasteiger partial charge on any atom is -0.454 e. The van der Waals surface area contributed by atoms with Crippen molar-refractivity contribution in [3.63, 3.8) is 0 Å². The van der Waals surface area contributed by atoms with Gasteiger partial charge in [0.05, 0.1) is 12.1 Å². The van der Waals surface area contributed by atoms with Crippen LogP contribution in [0.1, 0.15) is 47.1 Å². The van der Waals surface area contributed by atoms with Gasteiger partial charge in [-0.25, -0.2) is 9.79 Å². The van der Waals surface area contributed by atoms with E-state index in [1.807, 2.05) is 59.7 Å². The van der Waals surface area contributed by atoms with Crippen molar-refractivity contribution in [1.29, 1.82) is 0 Å². The molecule has 0 aromatic heterocycles. The summed E-state index contributed by atoms with van der Waals surface area (Å²) in [5, 5.41) is 9.35. The molecule has 1 aromatic rings. The smallest absolute Gasteiger partial charge is 0.408 e.